The van der Waals surface area contributed by atoms with Gasteiger partial charge in [-0.3, -0.25) is 14.5 Å². The second-order valence-corrected chi connectivity index (χ2v) is 9.27. The minimum Gasteiger partial charge on any atom is -0.322 e. The molecule has 1 saturated heterocycles. The number of nitrogens with one attached hydrogen (secondary N) is 1. The summed E-state index contributed by atoms with van der Waals surface area (Å²) in [5.74, 6) is 0.347. The molecule has 0 bridgehead atoms. The zero-order chi connectivity index (χ0) is 21.4. The minimum absolute atomic E-state index is 0.0692. The molecule has 1 aliphatic carbocycles. The van der Waals surface area contributed by atoms with Crippen molar-refractivity contribution < 1.29 is 9.59 Å². The molecule has 3 aromatic carbocycles. The Morgan fingerprint density at radius 1 is 1.00 bits per heavy atom. The summed E-state index contributed by atoms with van der Waals surface area (Å²) < 4.78 is 0. The monoisotopic (exact) mass is 448 g/mol. The molecule has 5 rings (SSSR count). The number of anilines is 2. The quantitative estimate of drug-likeness (QED) is 0.543. The van der Waals surface area contributed by atoms with E-state index >= 15 is 0 Å². The average Bonchev–Trinajstić information content (AvgIpc) is 3.40. The fourth-order valence-corrected chi connectivity index (χ4v) is 5.63. The van der Waals surface area contributed by atoms with Gasteiger partial charge in [0.1, 0.15) is 5.37 Å². The van der Waals surface area contributed by atoms with Crippen LogP contribution in [-0.2, 0) is 17.6 Å². The second kappa shape index (κ2) is 8.40. The molecular weight excluding hydrogens is 428 g/mol. The van der Waals surface area contributed by atoms with E-state index in [1.807, 2.05) is 29.2 Å². The number of benzene rings is 3. The number of halogens is 1. The molecule has 1 fully saturated rings. The first kappa shape index (κ1) is 20.2. The van der Waals surface area contributed by atoms with Gasteiger partial charge in [-0.05, 0) is 72.4 Å². The van der Waals surface area contributed by atoms with Crippen LogP contribution in [0.1, 0.15) is 38.8 Å². The van der Waals surface area contributed by atoms with Crippen molar-refractivity contribution in [1.82, 2.24) is 0 Å². The van der Waals surface area contributed by atoms with Crippen LogP contribution in [0.25, 0.3) is 0 Å². The molecule has 1 aliphatic heterocycles. The summed E-state index contributed by atoms with van der Waals surface area (Å²) in [6.45, 7) is 0. The Morgan fingerprint density at radius 2 is 1.77 bits per heavy atom. The van der Waals surface area contributed by atoms with Gasteiger partial charge in [0.2, 0.25) is 5.91 Å². The lowest BCUT2D eigenvalue weighted by molar-refractivity contribution is -0.115. The Morgan fingerprint density at radius 3 is 2.58 bits per heavy atom. The van der Waals surface area contributed by atoms with Crippen LogP contribution in [0.5, 0.6) is 0 Å². The highest BCUT2D eigenvalue weighted by Crippen LogP contribution is 2.43. The fraction of sp³-hybridized carbons (Fsp3) is 0.200. The van der Waals surface area contributed by atoms with Crippen LogP contribution in [0.2, 0.25) is 5.02 Å². The van der Waals surface area contributed by atoms with Crippen LogP contribution in [0, 0.1) is 0 Å². The highest BCUT2D eigenvalue weighted by molar-refractivity contribution is 8.00. The summed E-state index contributed by atoms with van der Waals surface area (Å²) in [5.41, 5.74) is 5.89. The van der Waals surface area contributed by atoms with Crippen molar-refractivity contribution in [3.05, 3.63) is 94.0 Å². The number of carbonyl (C=O) groups excluding carboxylic acids is 2. The molecular formula is C25H21ClN2O2S. The largest absolute Gasteiger partial charge is 0.322 e. The topological polar surface area (TPSA) is 49.4 Å². The van der Waals surface area contributed by atoms with Gasteiger partial charge in [0.15, 0.2) is 0 Å². The third-order valence-corrected chi connectivity index (χ3v) is 7.34. The number of thioether (sulfide) groups is 1. The summed E-state index contributed by atoms with van der Waals surface area (Å²) in [6, 6.07) is 21.1. The molecule has 2 amide bonds. The van der Waals surface area contributed by atoms with Gasteiger partial charge in [0, 0.05) is 11.4 Å². The Bertz CT molecular complexity index is 1160. The zero-order valence-corrected chi connectivity index (χ0v) is 18.4. The second-order valence-electron chi connectivity index (χ2n) is 7.79. The molecule has 0 unspecified atom stereocenters. The molecule has 3 aromatic rings. The summed E-state index contributed by atoms with van der Waals surface area (Å²) in [5, 5.41) is 3.24. The van der Waals surface area contributed by atoms with Gasteiger partial charge in [-0.15, -0.1) is 11.8 Å². The van der Waals surface area contributed by atoms with E-state index in [9.17, 15) is 9.59 Å². The summed E-state index contributed by atoms with van der Waals surface area (Å²) in [4.78, 5) is 27.1. The van der Waals surface area contributed by atoms with Crippen molar-refractivity contribution in [3.8, 4) is 0 Å². The zero-order valence-electron chi connectivity index (χ0n) is 16.8. The van der Waals surface area contributed by atoms with Gasteiger partial charge in [0.05, 0.1) is 16.3 Å². The number of carbonyl (C=O) groups is 2. The molecule has 1 heterocycles. The van der Waals surface area contributed by atoms with Gasteiger partial charge in [-0.1, -0.05) is 41.9 Å². The van der Waals surface area contributed by atoms with Gasteiger partial charge in [-0.2, -0.15) is 0 Å². The van der Waals surface area contributed by atoms with E-state index in [2.05, 4.69) is 23.5 Å². The number of hydrogen-bond donors (Lipinski definition) is 1. The molecule has 1 N–H and O–H groups in total. The molecule has 4 nitrogen and oxygen atoms in total. The van der Waals surface area contributed by atoms with E-state index in [0.29, 0.717) is 22.0 Å². The molecule has 1 atom stereocenters. The first-order valence-corrected chi connectivity index (χ1v) is 11.7. The van der Waals surface area contributed by atoms with E-state index in [-0.39, 0.29) is 17.2 Å². The van der Waals surface area contributed by atoms with Crippen molar-refractivity contribution in [3.63, 3.8) is 0 Å². The van der Waals surface area contributed by atoms with Crippen molar-refractivity contribution in [2.45, 2.75) is 24.6 Å². The number of fused-ring (bicyclic) bond motifs is 1. The van der Waals surface area contributed by atoms with Crippen LogP contribution >= 0.6 is 23.4 Å². The normalized spacial score (nSPS) is 17.6. The molecule has 31 heavy (non-hydrogen) atoms. The summed E-state index contributed by atoms with van der Waals surface area (Å²) in [7, 11) is 0. The summed E-state index contributed by atoms with van der Waals surface area (Å²) >= 11 is 7.75. The van der Waals surface area contributed by atoms with Crippen LogP contribution in [0.3, 0.4) is 0 Å². The predicted octanol–water partition coefficient (Wildman–Crippen LogP) is 5.86. The van der Waals surface area contributed by atoms with Crippen molar-refractivity contribution >= 4 is 46.6 Å². The Kier molecular flexibility index (Phi) is 5.47. The maximum atomic E-state index is 12.7. The van der Waals surface area contributed by atoms with E-state index in [0.717, 1.165) is 24.1 Å². The maximum Gasteiger partial charge on any atom is 0.257 e. The number of nitrogens with zero attached hydrogens (tertiary/aromatic N) is 1. The Balaban J connectivity index is 1.35. The summed E-state index contributed by atoms with van der Waals surface area (Å²) in [6.07, 6.45) is 3.40. The van der Waals surface area contributed by atoms with Crippen LogP contribution < -0.4 is 10.2 Å². The molecule has 0 radical (unpaired) electrons. The van der Waals surface area contributed by atoms with Crippen LogP contribution in [0.15, 0.2) is 66.7 Å². The van der Waals surface area contributed by atoms with Crippen molar-refractivity contribution in [2.75, 3.05) is 16.0 Å². The van der Waals surface area contributed by atoms with Gasteiger partial charge < -0.3 is 5.32 Å². The number of aryl methyl sites for hydroxylation is 2. The third kappa shape index (κ3) is 3.95. The SMILES string of the molecule is O=C(Nc1ccc([C@@H]2SCC(=O)N2c2ccc3c(c2)CCC3)cc1)c1ccccc1Cl. The highest BCUT2D eigenvalue weighted by atomic mass is 35.5. The van der Waals surface area contributed by atoms with E-state index in [1.54, 1.807) is 36.0 Å². The van der Waals surface area contributed by atoms with Crippen molar-refractivity contribution in [1.29, 1.82) is 0 Å². The number of amides is 2. The minimum atomic E-state index is -0.247. The smallest absolute Gasteiger partial charge is 0.257 e. The average molecular weight is 449 g/mol. The number of hydrogen-bond acceptors (Lipinski definition) is 3. The van der Waals surface area contributed by atoms with Gasteiger partial charge >= 0.3 is 0 Å². The van der Waals surface area contributed by atoms with E-state index in [4.69, 9.17) is 11.6 Å². The lowest BCUT2D eigenvalue weighted by Gasteiger charge is -2.25. The molecule has 2 aliphatic rings. The van der Waals surface area contributed by atoms with Gasteiger partial charge in [0.25, 0.3) is 5.91 Å². The molecule has 0 aromatic heterocycles. The third-order valence-electron chi connectivity index (χ3n) is 5.80. The first-order valence-electron chi connectivity index (χ1n) is 10.3. The molecule has 0 spiro atoms. The number of rotatable bonds is 4. The molecule has 6 heteroatoms. The molecule has 156 valence electrons. The first-order chi connectivity index (χ1) is 15.1. The predicted molar refractivity (Wildman–Crippen MR) is 127 cm³/mol. The lowest BCUT2D eigenvalue weighted by Crippen LogP contribution is -2.27. The highest BCUT2D eigenvalue weighted by Gasteiger charge is 2.34. The Labute approximate surface area is 190 Å². The Hall–Kier alpha value is -2.76. The lowest BCUT2D eigenvalue weighted by atomic mass is 10.1. The maximum absolute atomic E-state index is 12.7. The van der Waals surface area contributed by atoms with Crippen LogP contribution in [0.4, 0.5) is 11.4 Å². The van der Waals surface area contributed by atoms with Gasteiger partial charge in [-0.25, -0.2) is 0 Å². The fourth-order valence-electron chi connectivity index (χ4n) is 4.23. The van der Waals surface area contributed by atoms with E-state index in [1.165, 1.54) is 17.5 Å². The van der Waals surface area contributed by atoms with Crippen LogP contribution in [-0.4, -0.2) is 17.6 Å². The van der Waals surface area contributed by atoms with E-state index < -0.39 is 0 Å². The van der Waals surface area contributed by atoms with Crippen molar-refractivity contribution in [2.24, 2.45) is 0 Å². The standard InChI is InChI=1S/C25H21ClN2O2S/c26-22-7-2-1-6-21(22)24(30)27-19-11-8-17(9-12-19)25-28(23(29)15-31-25)20-13-10-16-4-3-5-18(16)14-20/h1-2,6-14,25H,3-5,15H2,(H,27,30)/t25-/m0/s1. The molecule has 0 saturated carbocycles.